The van der Waals surface area contributed by atoms with Crippen LogP contribution in [0.3, 0.4) is 0 Å². The zero-order valence-electron chi connectivity index (χ0n) is 13.0. The SMILES string of the molecule is C=CC(=O)C1CNCCO1.C=CC(=O)OP(=O)(O)CC(C)C. The molecule has 0 aromatic rings. The first kappa shape index (κ1) is 20.7. The summed E-state index contributed by atoms with van der Waals surface area (Å²) in [7, 11) is -3.74. The van der Waals surface area contributed by atoms with Crippen molar-refractivity contribution in [1.29, 1.82) is 0 Å². The summed E-state index contributed by atoms with van der Waals surface area (Å²) in [5.74, 6) is -0.882. The molecule has 0 aromatic carbocycles. The summed E-state index contributed by atoms with van der Waals surface area (Å²) >= 11 is 0. The van der Waals surface area contributed by atoms with E-state index in [1.54, 1.807) is 13.8 Å². The second-order valence-corrected chi connectivity index (χ2v) is 6.82. The molecule has 2 unspecified atom stereocenters. The van der Waals surface area contributed by atoms with E-state index in [4.69, 9.17) is 9.63 Å². The minimum atomic E-state index is -3.74. The van der Waals surface area contributed by atoms with Crippen LogP contribution in [0.4, 0.5) is 0 Å². The van der Waals surface area contributed by atoms with Crippen molar-refractivity contribution in [1.82, 2.24) is 5.32 Å². The molecule has 1 saturated heterocycles. The molecule has 0 aliphatic carbocycles. The Morgan fingerprint density at radius 3 is 2.50 bits per heavy atom. The van der Waals surface area contributed by atoms with Crippen molar-refractivity contribution in [2.45, 2.75) is 20.0 Å². The lowest BCUT2D eigenvalue weighted by Gasteiger charge is -2.20. The molecule has 0 spiro atoms. The Morgan fingerprint density at radius 1 is 1.45 bits per heavy atom. The van der Waals surface area contributed by atoms with Gasteiger partial charge in [-0.05, 0) is 12.0 Å². The summed E-state index contributed by atoms with van der Waals surface area (Å²) in [6.45, 7) is 12.1. The molecule has 1 aliphatic heterocycles. The van der Waals surface area contributed by atoms with Gasteiger partial charge in [0.05, 0.1) is 12.8 Å². The number of rotatable bonds is 6. The fourth-order valence-corrected chi connectivity index (χ4v) is 2.91. The Morgan fingerprint density at radius 2 is 2.09 bits per heavy atom. The Kier molecular flexibility index (Phi) is 9.85. The van der Waals surface area contributed by atoms with E-state index < -0.39 is 13.6 Å². The summed E-state index contributed by atoms with van der Waals surface area (Å²) < 4.78 is 20.5. The van der Waals surface area contributed by atoms with Crippen LogP contribution in [0.25, 0.3) is 0 Å². The van der Waals surface area contributed by atoms with Crippen molar-refractivity contribution < 1.29 is 28.3 Å². The maximum Gasteiger partial charge on any atom is 0.379 e. The number of nitrogens with one attached hydrogen (secondary N) is 1. The molecule has 0 aromatic heterocycles. The Labute approximate surface area is 130 Å². The molecule has 2 atom stereocenters. The molecule has 1 aliphatic rings. The summed E-state index contributed by atoms with van der Waals surface area (Å²) in [5, 5.41) is 3.06. The second kappa shape index (κ2) is 10.5. The summed E-state index contributed by atoms with van der Waals surface area (Å²) in [6, 6.07) is 0. The van der Waals surface area contributed by atoms with Crippen LogP contribution >= 0.6 is 7.60 Å². The van der Waals surface area contributed by atoms with Gasteiger partial charge in [0.15, 0.2) is 5.78 Å². The van der Waals surface area contributed by atoms with Gasteiger partial charge < -0.3 is 19.5 Å². The fourth-order valence-electron chi connectivity index (χ4n) is 1.56. The van der Waals surface area contributed by atoms with E-state index >= 15 is 0 Å². The number of carbonyl (C=O) groups is 2. The topological polar surface area (TPSA) is 102 Å². The Balaban J connectivity index is 0.000000406. The highest BCUT2D eigenvalue weighted by atomic mass is 31.2. The van der Waals surface area contributed by atoms with Crippen molar-refractivity contribution in [3.05, 3.63) is 25.3 Å². The highest BCUT2D eigenvalue weighted by Gasteiger charge is 2.24. The van der Waals surface area contributed by atoms with Crippen molar-refractivity contribution in [2.24, 2.45) is 5.92 Å². The van der Waals surface area contributed by atoms with Gasteiger partial charge in [-0.3, -0.25) is 4.79 Å². The molecule has 0 amide bonds. The molecular weight excluding hydrogens is 309 g/mol. The number of hydrogen-bond acceptors (Lipinski definition) is 6. The van der Waals surface area contributed by atoms with Crippen LogP contribution in [-0.2, 0) is 23.4 Å². The summed E-state index contributed by atoms with van der Waals surface area (Å²) in [5.41, 5.74) is 0. The van der Waals surface area contributed by atoms with Gasteiger partial charge >= 0.3 is 13.6 Å². The fraction of sp³-hybridized carbons (Fsp3) is 0.571. The van der Waals surface area contributed by atoms with E-state index in [-0.39, 0.29) is 24.0 Å². The van der Waals surface area contributed by atoms with Gasteiger partial charge in [-0.1, -0.05) is 27.0 Å². The second-order valence-electron chi connectivity index (χ2n) is 5.00. The minimum Gasteiger partial charge on any atom is -0.388 e. The van der Waals surface area contributed by atoms with Crippen molar-refractivity contribution in [3.63, 3.8) is 0 Å². The molecule has 126 valence electrons. The van der Waals surface area contributed by atoms with Crippen LogP contribution < -0.4 is 5.32 Å². The number of carbonyl (C=O) groups excluding carboxylic acids is 2. The van der Waals surface area contributed by atoms with Gasteiger partial charge in [-0.25, -0.2) is 9.36 Å². The van der Waals surface area contributed by atoms with Crippen molar-refractivity contribution in [3.8, 4) is 0 Å². The highest BCUT2D eigenvalue weighted by molar-refractivity contribution is 7.53. The predicted octanol–water partition coefficient (Wildman–Crippen LogP) is 1.29. The van der Waals surface area contributed by atoms with E-state index in [1.807, 2.05) is 0 Å². The first-order valence-electron chi connectivity index (χ1n) is 6.88. The molecule has 22 heavy (non-hydrogen) atoms. The molecule has 0 radical (unpaired) electrons. The monoisotopic (exact) mass is 333 g/mol. The van der Waals surface area contributed by atoms with Crippen LogP contribution in [-0.4, -0.2) is 48.6 Å². The van der Waals surface area contributed by atoms with Gasteiger partial charge in [0.25, 0.3) is 0 Å². The lowest BCUT2D eigenvalue weighted by Crippen LogP contribution is -2.42. The molecular formula is C14H24NO6P. The maximum absolute atomic E-state index is 11.1. The van der Waals surface area contributed by atoms with Crippen LogP contribution in [0.2, 0.25) is 0 Å². The molecule has 0 bridgehead atoms. The van der Waals surface area contributed by atoms with Crippen LogP contribution in [0, 0.1) is 5.92 Å². The standard InChI is InChI=1S/C7H11NO2.C7H13O4P/c1-2-6(9)7-5-8-3-4-10-7;1-4-7(8)11-12(9,10)5-6(2)3/h2,7-8H,1,3-5H2;4,6H,1,5H2,2-3H3,(H,9,10). The van der Waals surface area contributed by atoms with Crippen LogP contribution in [0.15, 0.2) is 25.3 Å². The molecule has 7 nitrogen and oxygen atoms in total. The highest BCUT2D eigenvalue weighted by Crippen LogP contribution is 2.43. The van der Waals surface area contributed by atoms with Gasteiger partial charge in [0.2, 0.25) is 0 Å². The zero-order chi connectivity index (χ0) is 17.2. The Hall–Kier alpha value is -1.27. The third-order valence-corrected chi connectivity index (χ3v) is 4.10. The molecule has 1 heterocycles. The number of morpholine rings is 1. The predicted molar refractivity (Wildman–Crippen MR) is 83.6 cm³/mol. The maximum atomic E-state index is 11.1. The van der Waals surface area contributed by atoms with Gasteiger partial charge in [-0.15, -0.1) is 0 Å². The average Bonchev–Trinajstić information content (AvgIpc) is 2.46. The van der Waals surface area contributed by atoms with Crippen molar-refractivity contribution in [2.75, 3.05) is 25.9 Å². The first-order chi connectivity index (χ1) is 10.2. The van der Waals surface area contributed by atoms with Gasteiger partial charge in [0.1, 0.15) is 6.10 Å². The first-order valence-corrected chi connectivity index (χ1v) is 8.64. The quantitative estimate of drug-likeness (QED) is 0.558. The molecule has 8 heteroatoms. The third-order valence-electron chi connectivity index (χ3n) is 2.44. The van der Waals surface area contributed by atoms with E-state index in [1.165, 1.54) is 6.08 Å². The van der Waals surface area contributed by atoms with E-state index in [0.29, 0.717) is 13.2 Å². The van der Waals surface area contributed by atoms with Crippen LogP contribution in [0.5, 0.6) is 0 Å². The molecule has 1 fully saturated rings. The number of ether oxygens (including phenoxy) is 1. The van der Waals surface area contributed by atoms with Gasteiger partial charge in [-0.2, -0.15) is 0 Å². The minimum absolute atomic E-state index is 0.0125. The lowest BCUT2D eigenvalue weighted by molar-refractivity contribution is -0.129. The molecule has 0 saturated carbocycles. The van der Waals surface area contributed by atoms with E-state index in [0.717, 1.165) is 12.6 Å². The number of ketones is 1. The summed E-state index contributed by atoms with van der Waals surface area (Å²) in [4.78, 5) is 30.5. The lowest BCUT2D eigenvalue weighted by atomic mass is 10.2. The normalized spacial score (nSPS) is 20.1. The third kappa shape index (κ3) is 9.63. The largest absolute Gasteiger partial charge is 0.388 e. The van der Waals surface area contributed by atoms with Gasteiger partial charge in [0, 0.05) is 19.2 Å². The van der Waals surface area contributed by atoms with E-state index in [2.05, 4.69) is 23.0 Å². The molecule has 1 rings (SSSR count). The number of hydrogen-bond donors (Lipinski definition) is 2. The van der Waals surface area contributed by atoms with Crippen molar-refractivity contribution >= 4 is 19.3 Å². The zero-order valence-corrected chi connectivity index (χ0v) is 13.9. The smallest absolute Gasteiger partial charge is 0.379 e. The van der Waals surface area contributed by atoms with E-state index in [9.17, 15) is 14.2 Å². The van der Waals surface area contributed by atoms with Crippen LogP contribution in [0.1, 0.15) is 13.8 Å². The average molecular weight is 333 g/mol. The molecule has 2 N–H and O–H groups in total. The summed E-state index contributed by atoms with van der Waals surface area (Å²) in [6.07, 6.45) is 1.85. The Bertz CT molecular complexity index is 443.